The predicted molar refractivity (Wildman–Crippen MR) is 123 cm³/mol. The molecule has 1 amide bonds. The molecule has 0 radical (unpaired) electrons. The van der Waals surface area contributed by atoms with Gasteiger partial charge in [-0.3, -0.25) is 14.5 Å². The molecule has 7 heteroatoms. The lowest BCUT2D eigenvalue weighted by Crippen LogP contribution is -2.49. The maximum absolute atomic E-state index is 13.3. The number of Topliss-reactive ketones (excluding diaryl/α,β-unsaturated/α-hetero) is 1. The number of ketones is 1. The number of piperazine rings is 1. The van der Waals surface area contributed by atoms with E-state index in [1.54, 1.807) is 41.3 Å². The molecule has 168 valence electrons. The van der Waals surface area contributed by atoms with Crippen LogP contribution in [0.15, 0.2) is 54.6 Å². The number of carbonyl (C=O) groups excluding carboxylic acids is 2. The number of nitriles is 1. The molecule has 4 rings (SSSR count). The monoisotopic (exact) mass is 444 g/mol. The molecule has 1 fully saturated rings. The molecule has 1 saturated heterocycles. The van der Waals surface area contributed by atoms with Gasteiger partial charge >= 0.3 is 0 Å². The summed E-state index contributed by atoms with van der Waals surface area (Å²) < 4.78 is 15.3. The van der Waals surface area contributed by atoms with Crippen molar-refractivity contribution in [3.05, 3.63) is 88.5 Å². The van der Waals surface area contributed by atoms with Crippen LogP contribution in [0.3, 0.4) is 0 Å². The van der Waals surface area contributed by atoms with Crippen LogP contribution in [-0.2, 0) is 0 Å². The Morgan fingerprint density at radius 1 is 1.00 bits per heavy atom. The van der Waals surface area contributed by atoms with Gasteiger partial charge in [-0.25, -0.2) is 4.39 Å². The quantitative estimate of drug-likeness (QED) is 0.562. The summed E-state index contributed by atoms with van der Waals surface area (Å²) in [6.45, 7) is 6.36. The first-order valence-electron chi connectivity index (χ1n) is 10.9. The van der Waals surface area contributed by atoms with Crippen molar-refractivity contribution >= 4 is 11.7 Å². The fourth-order valence-electron chi connectivity index (χ4n) is 4.33. The van der Waals surface area contributed by atoms with Gasteiger partial charge in [0.2, 0.25) is 0 Å². The van der Waals surface area contributed by atoms with E-state index >= 15 is 0 Å². The van der Waals surface area contributed by atoms with Crippen molar-refractivity contribution in [1.29, 1.82) is 5.26 Å². The Labute approximate surface area is 192 Å². The van der Waals surface area contributed by atoms with E-state index in [1.807, 2.05) is 24.5 Å². The molecule has 1 aliphatic heterocycles. The summed E-state index contributed by atoms with van der Waals surface area (Å²) in [7, 11) is 0. The number of halogens is 1. The van der Waals surface area contributed by atoms with Gasteiger partial charge in [-0.1, -0.05) is 6.07 Å². The first-order chi connectivity index (χ1) is 15.9. The second-order valence-corrected chi connectivity index (χ2v) is 8.28. The van der Waals surface area contributed by atoms with E-state index in [4.69, 9.17) is 5.26 Å². The Morgan fingerprint density at radius 3 is 2.36 bits per heavy atom. The molecule has 33 heavy (non-hydrogen) atoms. The number of rotatable bonds is 5. The lowest BCUT2D eigenvalue weighted by molar-refractivity contribution is 0.0624. The normalized spacial score (nSPS) is 14.2. The van der Waals surface area contributed by atoms with Gasteiger partial charge in [-0.05, 0) is 62.4 Å². The third-order valence-electron chi connectivity index (χ3n) is 6.08. The van der Waals surface area contributed by atoms with Gasteiger partial charge in [0.15, 0.2) is 5.78 Å². The Morgan fingerprint density at radius 2 is 1.70 bits per heavy atom. The Kier molecular flexibility index (Phi) is 6.38. The number of carbonyl (C=O) groups is 2. The topological polar surface area (TPSA) is 69.3 Å². The fourth-order valence-corrected chi connectivity index (χ4v) is 4.33. The minimum absolute atomic E-state index is 0.0259. The molecule has 3 aromatic rings. The predicted octanol–water partition coefficient (Wildman–Crippen LogP) is 3.75. The average Bonchev–Trinajstić information content (AvgIpc) is 3.13. The molecule has 0 atom stereocenters. The number of hydrogen-bond acceptors (Lipinski definition) is 4. The number of aromatic nitrogens is 1. The lowest BCUT2D eigenvalue weighted by Gasteiger charge is -2.34. The first-order valence-corrected chi connectivity index (χ1v) is 10.9. The van der Waals surface area contributed by atoms with Crippen molar-refractivity contribution in [3.8, 4) is 11.8 Å². The van der Waals surface area contributed by atoms with Gasteiger partial charge in [-0.15, -0.1) is 0 Å². The summed E-state index contributed by atoms with van der Waals surface area (Å²) in [6.07, 6.45) is 0. The van der Waals surface area contributed by atoms with Crippen molar-refractivity contribution in [2.45, 2.75) is 13.8 Å². The second kappa shape index (κ2) is 9.39. The lowest BCUT2D eigenvalue weighted by atomic mass is 10.1. The van der Waals surface area contributed by atoms with Crippen molar-refractivity contribution in [2.24, 2.45) is 0 Å². The summed E-state index contributed by atoms with van der Waals surface area (Å²) in [5.41, 5.74) is 4.18. The Balaban J connectivity index is 1.40. The molecular weight excluding hydrogens is 419 g/mol. The highest BCUT2D eigenvalue weighted by atomic mass is 19.1. The van der Waals surface area contributed by atoms with Crippen LogP contribution >= 0.6 is 0 Å². The smallest absolute Gasteiger partial charge is 0.253 e. The Hall–Kier alpha value is -3.76. The van der Waals surface area contributed by atoms with E-state index in [0.29, 0.717) is 42.9 Å². The van der Waals surface area contributed by atoms with Gasteiger partial charge in [0.1, 0.15) is 5.82 Å². The van der Waals surface area contributed by atoms with Crippen molar-refractivity contribution in [3.63, 3.8) is 0 Å². The van der Waals surface area contributed by atoms with Gasteiger partial charge in [0, 0.05) is 54.4 Å². The minimum atomic E-state index is -0.298. The summed E-state index contributed by atoms with van der Waals surface area (Å²) in [5, 5.41) is 9.05. The highest BCUT2D eigenvalue weighted by Gasteiger charge is 2.25. The van der Waals surface area contributed by atoms with Gasteiger partial charge in [-0.2, -0.15) is 5.26 Å². The molecule has 0 saturated carbocycles. The fraction of sp³-hybridized carbons (Fsp3) is 0.269. The molecular formula is C26H25FN4O2. The van der Waals surface area contributed by atoms with Crippen LogP contribution in [0.25, 0.3) is 5.69 Å². The van der Waals surface area contributed by atoms with Crippen LogP contribution in [0.4, 0.5) is 4.39 Å². The Bertz CT molecular complexity index is 1230. The third-order valence-corrected chi connectivity index (χ3v) is 6.08. The van der Waals surface area contributed by atoms with E-state index in [0.717, 1.165) is 17.1 Å². The van der Waals surface area contributed by atoms with E-state index in [1.165, 1.54) is 12.1 Å². The van der Waals surface area contributed by atoms with E-state index < -0.39 is 0 Å². The maximum Gasteiger partial charge on any atom is 0.253 e. The summed E-state index contributed by atoms with van der Waals surface area (Å²) >= 11 is 0. The van der Waals surface area contributed by atoms with Crippen LogP contribution in [0.5, 0.6) is 0 Å². The number of aryl methyl sites for hydroxylation is 1. The SMILES string of the molecule is Cc1cc(C(=O)CN2CCN(C(=O)c3cccc(C#N)c3)CC2)c(C)n1-c1ccc(F)cc1. The summed E-state index contributed by atoms with van der Waals surface area (Å²) in [5.74, 6) is -0.369. The van der Waals surface area contributed by atoms with Gasteiger partial charge < -0.3 is 9.47 Å². The maximum atomic E-state index is 13.3. The number of amides is 1. The van der Waals surface area contributed by atoms with Crippen LogP contribution in [-0.4, -0.2) is 58.8 Å². The molecule has 0 N–H and O–H groups in total. The highest BCUT2D eigenvalue weighted by molar-refractivity contribution is 5.99. The summed E-state index contributed by atoms with van der Waals surface area (Å²) in [6, 6.07) is 16.9. The number of nitrogens with zero attached hydrogens (tertiary/aromatic N) is 4. The van der Waals surface area contributed by atoms with E-state index in [9.17, 15) is 14.0 Å². The second-order valence-electron chi connectivity index (χ2n) is 8.28. The zero-order valence-corrected chi connectivity index (χ0v) is 18.7. The minimum Gasteiger partial charge on any atom is -0.336 e. The first kappa shape index (κ1) is 22.4. The zero-order valence-electron chi connectivity index (χ0n) is 18.7. The molecule has 0 spiro atoms. The molecule has 1 aromatic heterocycles. The molecule has 0 aliphatic carbocycles. The zero-order chi connectivity index (χ0) is 23.5. The highest BCUT2D eigenvalue weighted by Crippen LogP contribution is 2.22. The molecule has 6 nitrogen and oxygen atoms in total. The molecule has 2 heterocycles. The van der Waals surface area contributed by atoms with Gasteiger partial charge in [0.05, 0.1) is 18.2 Å². The standard InChI is InChI=1S/C26H25FN4O2/c1-18-14-24(19(2)31(18)23-8-6-22(27)7-9-23)25(32)17-29-10-12-30(13-11-29)26(33)21-5-3-4-20(15-21)16-28/h3-9,14-15H,10-13,17H2,1-2H3. The van der Waals surface area contributed by atoms with Crippen molar-refractivity contribution in [2.75, 3.05) is 32.7 Å². The largest absolute Gasteiger partial charge is 0.336 e. The number of hydrogen-bond donors (Lipinski definition) is 0. The molecule has 2 aromatic carbocycles. The van der Waals surface area contributed by atoms with Crippen LogP contribution in [0.1, 0.15) is 37.7 Å². The third kappa shape index (κ3) is 4.71. The van der Waals surface area contributed by atoms with Crippen molar-refractivity contribution < 1.29 is 14.0 Å². The molecule has 0 bridgehead atoms. The van der Waals surface area contributed by atoms with E-state index in [2.05, 4.69) is 11.0 Å². The molecule has 0 unspecified atom stereocenters. The van der Waals surface area contributed by atoms with Crippen LogP contribution in [0, 0.1) is 31.0 Å². The van der Waals surface area contributed by atoms with Gasteiger partial charge in [0.25, 0.3) is 5.91 Å². The van der Waals surface area contributed by atoms with E-state index in [-0.39, 0.29) is 24.1 Å². The average molecular weight is 445 g/mol. The molecule has 1 aliphatic rings. The number of benzene rings is 2. The summed E-state index contributed by atoms with van der Waals surface area (Å²) in [4.78, 5) is 29.6. The van der Waals surface area contributed by atoms with Crippen molar-refractivity contribution in [1.82, 2.24) is 14.4 Å². The van der Waals surface area contributed by atoms with Crippen LogP contribution < -0.4 is 0 Å². The van der Waals surface area contributed by atoms with Crippen LogP contribution in [0.2, 0.25) is 0 Å².